The van der Waals surface area contributed by atoms with Crippen LogP contribution in [0.2, 0.25) is 0 Å². The summed E-state index contributed by atoms with van der Waals surface area (Å²) in [6, 6.07) is 15.6. The molecule has 1 aliphatic carbocycles. The smallest absolute Gasteiger partial charge is 0.209 e. The SMILES string of the molecule is O=C1C(Nc2cccnc2)=Cc2cccc3cccc1c23. The average Bonchev–Trinajstić information content (AvgIpc) is 2.53. The van der Waals surface area contributed by atoms with Crippen LogP contribution in [0.3, 0.4) is 0 Å². The van der Waals surface area contributed by atoms with Crippen molar-refractivity contribution in [1.29, 1.82) is 0 Å². The van der Waals surface area contributed by atoms with Crippen LogP contribution in [0.1, 0.15) is 15.9 Å². The summed E-state index contributed by atoms with van der Waals surface area (Å²) < 4.78 is 0. The predicted octanol–water partition coefficient (Wildman–Crippen LogP) is 3.88. The Hall–Kier alpha value is -2.94. The summed E-state index contributed by atoms with van der Waals surface area (Å²) in [5.41, 5.74) is 3.20. The van der Waals surface area contributed by atoms with Crippen molar-refractivity contribution in [3.05, 3.63) is 77.7 Å². The van der Waals surface area contributed by atoms with Crippen molar-refractivity contribution in [3.63, 3.8) is 0 Å². The van der Waals surface area contributed by atoms with Gasteiger partial charge in [-0.1, -0.05) is 36.4 Å². The Morgan fingerprint density at radius 1 is 0.952 bits per heavy atom. The van der Waals surface area contributed by atoms with E-state index in [0.29, 0.717) is 5.70 Å². The summed E-state index contributed by atoms with van der Waals surface area (Å²) in [6.45, 7) is 0. The number of carbonyl (C=O) groups excluding carboxylic acids is 1. The molecule has 0 fully saturated rings. The number of carbonyl (C=O) groups is 1. The number of hydrogen-bond acceptors (Lipinski definition) is 3. The number of nitrogens with one attached hydrogen (secondary N) is 1. The zero-order valence-corrected chi connectivity index (χ0v) is 11.2. The van der Waals surface area contributed by atoms with Crippen molar-refractivity contribution in [2.24, 2.45) is 0 Å². The van der Waals surface area contributed by atoms with Gasteiger partial charge in [-0.15, -0.1) is 0 Å². The number of pyridine rings is 1. The van der Waals surface area contributed by atoms with Gasteiger partial charge in [0.1, 0.15) is 0 Å². The highest BCUT2D eigenvalue weighted by molar-refractivity contribution is 6.23. The van der Waals surface area contributed by atoms with Crippen LogP contribution in [0.4, 0.5) is 5.69 Å². The van der Waals surface area contributed by atoms with Crippen LogP contribution in [0.5, 0.6) is 0 Å². The summed E-state index contributed by atoms with van der Waals surface area (Å²) in [4.78, 5) is 16.7. The lowest BCUT2D eigenvalue weighted by molar-refractivity contribution is 0.103. The third-order valence-corrected chi connectivity index (χ3v) is 3.67. The zero-order valence-electron chi connectivity index (χ0n) is 11.2. The molecule has 1 heterocycles. The van der Waals surface area contributed by atoms with E-state index < -0.39 is 0 Å². The molecule has 0 unspecified atom stereocenters. The van der Waals surface area contributed by atoms with Gasteiger partial charge >= 0.3 is 0 Å². The van der Waals surface area contributed by atoms with Crippen molar-refractivity contribution >= 4 is 28.3 Å². The van der Waals surface area contributed by atoms with Gasteiger partial charge in [0.15, 0.2) is 0 Å². The number of aromatic nitrogens is 1. The monoisotopic (exact) mass is 272 g/mol. The predicted molar refractivity (Wildman–Crippen MR) is 84.1 cm³/mol. The van der Waals surface area contributed by atoms with Crippen LogP contribution >= 0.6 is 0 Å². The lowest BCUT2D eigenvalue weighted by Crippen LogP contribution is -2.15. The van der Waals surface area contributed by atoms with Gasteiger partial charge in [-0.2, -0.15) is 0 Å². The number of rotatable bonds is 2. The molecule has 0 radical (unpaired) electrons. The van der Waals surface area contributed by atoms with Crippen molar-refractivity contribution in [2.45, 2.75) is 0 Å². The number of allylic oxidation sites excluding steroid dienone is 1. The second kappa shape index (κ2) is 4.56. The summed E-state index contributed by atoms with van der Waals surface area (Å²) in [6.07, 6.45) is 5.32. The molecule has 100 valence electrons. The highest BCUT2D eigenvalue weighted by Crippen LogP contribution is 2.31. The third-order valence-electron chi connectivity index (χ3n) is 3.67. The molecule has 0 aliphatic heterocycles. The van der Waals surface area contributed by atoms with Crippen molar-refractivity contribution in [3.8, 4) is 0 Å². The van der Waals surface area contributed by atoms with E-state index in [2.05, 4.69) is 10.3 Å². The van der Waals surface area contributed by atoms with E-state index >= 15 is 0 Å². The maximum absolute atomic E-state index is 12.7. The van der Waals surface area contributed by atoms with Gasteiger partial charge in [0, 0.05) is 17.1 Å². The quantitative estimate of drug-likeness (QED) is 0.769. The van der Waals surface area contributed by atoms with E-state index in [9.17, 15) is 4.79 Å². The molecule has 0 saturated heterocycles. The Kier molecular flexibility index (Phi) is 2.57. The minimum atomic E-state index is 0.0168. The fourth-order valence-electron chi connectivity index (χ4n) is 2.73. The summed E-state index contributed by atoms with van der Waals surface area (Å²) in [5.74, 6) is 0.0168. The largest absolute Gasteiger partial charge is 0.351 e. The van der Waals surface area contributed by atoms with Crippen LogP contribution in [0, 0.1) is 0 Å². The van der Waals surface area contributed by atoms with Gasteiger partial charge < -0.3 is 5.32 Å². The van der Waals surface area contributed by atoms with Crippen LogP contribution in [-0.2, 0) is 0 Å². The van der Waals surface area contributed by atoms with Crippen LogP contribution in [0.15, 0.2) is 66.6 Å². The lowest BCUT2D eigenvalue weighted by atomic mass is 9.90. The molecule has 2 aromatic carbocycles. The van der Waals surface area contributed by atoms with Gasteiger partial charge in [-0.05, 0) is 29.2 Å². The molecule has 3 heteroatoms. The maximum atomic E-state index is 12.7. The summed E-state index contributed by atoms with van der Waals surface area (Å²) >= 11 is 0. The van der Waals surface area contributed by atoms with Gasteiger partial charge in [0.2, 0.25) is 5.78 Å². The van der Waals surface area contributed by atoms with Gasteiger partial charge in [0.25, 0.3) is 0 Å². The van der Waals surface area contributed by atoms with Crippen LogP contribution < -0.4 is 5.32 Å². The molecule has 1 aromatic heterocycles. The number of Topliss-reactive ketones (excluding diaryl/α,β-unsaturated/α-hetero) is 1. The molecule has 3 aromatic rings. The molecular formula is C18H12N2O. The minimum Gasteiger partial charge on any atom is -0.351 e. The van der Waals surface area contributed by atoms with Crippen molar-refractivity contribution in [2.75, 3.05) is 5.32 Å². The van der Waals surface area contributed by atoms with Gasteiger partial charge in [-0.3, -0.25) is 9.78 Å². The molecule has 0 spiro atoms. The third kappa shape index (κ3) is 1.91. The number of nitrogens with zero attached hydrogens (tertiary/aromatic N) is 1. The molecular weight excluding hydrogens is 260 g/mol. The second-order valence-corrected chi connectivity index (χ2v) is 5.00. The highest BCUT2D eigenvalue weighted by atomic mass is 16.1. The Morgan fingerprint density at radius 2 is 1.81 bits per heavy atom. The fourth-order valence-corrected chi connectivity index (χ4v) is 2.73. The molecule has 0 bridgehead atoms. The van der Waals surface area contributed by atoms with E-state index in [4.69, 9.17) is 0 Å². The number of anilines is 1. The maximum Gasteiger partial charge on any atom is 0.209 e. The van der Waals surface area contributed by atoms with E-state index in [0.717, 1.165) is 27.6 Å². The van der Waals surface area contributed by atoms with Gasteiger partial charge in [-0.25, -0.2) is 0 Å². The topological polar surface area (TPSA) is 42.0 Å². The van der Waals surface area contributed by atoms with E-state index in [1.54, 1.807) is 12.4 Å². The Bertz CT molecular complexity index is 877. The van der Waals surface area contributed by atoms with Crippen LogP contribution in [-0.4, -0.2) is 10.8 Å². The molecule has 1 aliphatic rings. The molecule has 3 nitrogen and oxygen atoms in total. The standard InChI is InChI=1S/C18H12N2O/c21-18-15-8-2-5-12-4-1-6-13(17(12)15)10-16(18)20-14-7-3-9-19-11-14/h1-11,20H. The molecule has 0 saturated carbocycles. The highest BCUT2D eigenvalue weighted by Gasteiger charge is 2.21. The molecule has 0 atom stereocenters. The van der Waals surface area contributed by atoms with Crippen LogP contribution in [0.25, 0.3) is 16.8 Å². The van der Waals surface area contributed by atoms with E-state index in [1.807, 2.05) is 54.6 Å². The summed E-state index contributed by atoms with van der Waals surface area (Å²) in [7, 11) is 0. The normalized spacial score (nSPS) is 13.1. The average molecular weight is 272 g/mol. The zero-order chi connectivity index (χ0) is 14.2. The second-order valence-electron chi connectivity index (χ2n) is 5.00. The first-order valence-corrected chi connectivity index (χ1v) is 6.78. The Labute approximate surface area is 122 Å². The van der Waals surface area contributed by atoms with Gasteiger partial charge in [0.05, 0.1) is 17.6 Å². The van der Waals surface area contributed by atoms with E-state index in [1.165, 1.54) is 0 Å². The first-order valence-electron chi connectivity index (χ1n) is 6.78. The number of benzene rings is 2. The Balaban J connectivity index is 1.86. The summed E-state index contributed by atoms with van der Waals surface area (Å²) in [5, 5.41) is 5.29. The van der Waals surface area contributed by atoms with E-state index in [-0.39, 0.29) is 5.78 Å². The molecule has 4 rings (SSSR count). The molecule has 21 heavy (non-hydrogen) atoms. The number of hydrogen-bond donors (Lipinski definition) is 1. The Morgan fingerprint density at radius 3 is 2.62 bits per heavy atom. The van der Waals surface area contributed by atoms with Crippen molar-refractivity contribution in [1.82, 2.24) is 4.98 Å². The fraction of sp³-hybridized carbons (Fsp3) is 0. The molecule has 0 amide bonds. The first kappa shape index (κ1) is 11.9. The first-order chi connectivity index (χ1) is 10.3. The van der Waals surface area contributed by atoms with Crippen molar-refractivity contribution < 1.29 is 4.79 Å². The lowest BCUT2D eigenvalue weighted by Gasteiger charge is -2.18. The number of ketones is 1. The minimum absolute atomic E-state index is 0.0168. The molecule has 1 N–H and O–H groups in total.